The van der Waals surface area contributed by atoms with E-state index in [1.165, 1.54) is 19.2 Å². The van der Waals surface area contributed by atoms with Crippen molar-refractivity contribution in [1.29, 1.82) is 0 Å². The zero-order valence-electron chi connectivity index (χ0n) is 8.90. The second-order valence-corrected chi connectivity index (χ2v) is 4.60. The van der Waals surface area contributed by atoms with Crippen LogP contribution in [0.1, 0.15) is 18.5 Å². The van der Waals surface area contributed by atoms with E-state index in [2.05, 4.69) is 4.72 Å². The summed E-state index contributed by atoms with van der Waals surface area (Å²) in [5, 5.41) is 4.81. The molecule has 0 amide bonds. The highest BCUT2D eigenvalue weighted by Gasteiger charge is 2.13. The Morgan fingerprint density at radius 2 is 2.12 bits per heavy atom. The molecule has 16 heavy (non-hydrogen) atoms. The Morgan fingerprint density at radius 3 is 2.56 bits per heavy atom. The van der Waals surface area contributed by atoms with Gasteiger partial charge in [-0.1, -0.05) is 6.07 Å². The highest BCUT2D eigenvalue weighted by Crippen LogP contribution is 2.21. The van der Waals surface area contributed by atoms with Gasteiger partial charge in [0.25, 0.3) is 10.2 Å². The maximum Gasteiger partial charge on any atom is 0.274 e. The van der Waals surface area contributed by atoms with Crippen molar-refractivity contribution in [2.75, 3.05) is 7.11 Å². The second-order valence-electron chi connectivity index (χ2n) is 3.28. The van der Waals surface area contributed by atoms with Crippen molar-refractivity contribution in [3.8, 4) is 5.75 Å². The summed E-state index contributed by atoms with van der Waals surface area (Å²) in [5.74, 6) is -0.449. The monoisotopic (exact) mass is 248 g/mol. The molecule has 5 nitrogen and oxygen atoms in total. The van der Waals surface area contributed by atoms with E-state index in [-0.39, 0.29) is 5.75 Å². The van der Waals surface area contributed by atoms with Gasteiger partial charge in [0.05, 0.1) is 7.11 Å². The lowest BCUT2D eigenvalue weighted by Gasteiger charge is -2.13. The van der Waals surface area contributed by atoms with Crippen LogP contribution in [0.5, 0.6) is 5.75 Å². The Hall–Kier alpha value is -1.18. The first-order valence-corrected chi connectivity index (χ1v) is 6.01. The van der Waals surface area contributed by atoms with Gasteiger partial charge < -0.3 is 4.74 Å². The summed E-state index contributed by atoms with van der Waals surface area (Å²) in [6, 6.07) is 3.58. The van der Waals surface area contributed by atoms with Gasteiger partial charge in [-0.15, -0.1) is 0 Å². The molecule has 0 aromatic heterocycles. The van der Waals surface area contributed by atoms with Gasteiger partial charge in [0.2, 0.25) is 0 Å². The van der Waals surface area contributed by atoms with E-state index >= 15 is 0 Å². The summed E-state index contributed by atoms with van der Waals surface area (Å²) in [6.07, 6.45) is 0. The minimum Gasteiger partial charge on any atom is -0.494 e. The molecule has 7 heteroatoms. The van der Waals surface area contributed by atoms with Crippen molar-refractivity contribution in [2.24, 2.45) is 5.14 Å². The lowest BCUT2D eigenvalue weighted by molar-refractivity contribution is 0.386. The van der Waals surface area contributed by atoms with Crippen molar-refractivity contribution >= 4 is 10.2 Å². The maximum atomic E-state index is 13.3. The molecule has 0 aliphatic heterocycles. The highest BCUT2D eigenvalue weighted by atomic mass is 32.2. The van der Waals surface area contributed by atoms with E-state index in [0.29, 0.717) is 5.56 Å². The summed E-state index contributed by atoms with van der Waals surface area (Å²) in [6.45, 7) is 1.56. The largest absolute Gasteiger partial charge is 0.494 e. The lowest BCUT2D eigenvalue weighted by Crippen LogP contribution is -2.32. The number of hydrogen-bond acceptors (Lipinski definition) is 3. The average molecular weight is 248 g/mol. The molecule has 0 aliphatic carbocycles. The Bertz CT molecular complexity index is 476. The standard InChI is InChI=1S/C9H13FN2O3S/c1-6(12-16(11,13)14)7-3-4-9(15-2)8(10)5-7/h3-6,12H,1-2H3,(H2,11,13,14). The first-order valence-electron chi connectivity index (χ1n) is 4.47. The molecule has 1 aromatic rings. The molecular formula is C9H13FN2O3S. The fraction of sp³-hybridized carbons (Fsp3) is 0.333. The molecular weight excluding hydrogens is 235 g/mol. The number of ether oxygens (including phenoxy) is 1. The van der Waals surface area contributed by atoms with E-state index in [1.54, 1.807) is 13.0 Å². The minimum atomic E-state index is -3.80. The van der Waals surface area contributed by atoms with Crippen LogP contribution in [0.4, 0.5) is 4.39 Å². The normalized spacial score (nSPS) is 13.5. The third kappa shape index (κ3) is 3.44. The SMILES string of the molecule is COc1ccc(C(C)NS(N)(=O)=O)cc1F. The maximum absolute atomic E-state index is 13.3. The van der Waals surface area contributed by atoms with Crippen LogP contribution in [-0.4, -0.2) is 15.5 Å². The molecule has 0 bridgehead atoms. The van der Waals surface area contributed by atoms with E-state index < -0.39 is 22.1 Å². The van der Waals surface area contributed by atoms with E-state index in [4.69, 9.17) is 9.88 Å². The summed E-state index contributed by atoms with van der Waals surface area (Å²) in [4.78, 5) is 0. The van der Waals surface area contributed by atoms with Crippen molar-refractivity contribution in [3.63, 3.8) is 0 Å². The number of halogens is 1. The number of methoxy groups -OCH3 is 1. The molecule has 1 atom stereocenters. The third-order valence-electron chi connectivity index (χ3n) is 2.02. The molecule has 90 valence electrons. The number of rotatable bonds is 4. The van der Waals surface area contributed by atoms with Gasteiger partial charge in [-0.2, -0.15) is 13.1 Å². The molecule has 0 saturated heterocycles. The van der Waals surface area contributed by atoms with Gasteiger partial charge in [-0.05, 0) is 24.6 Å². The molecule has 0 fully saturated rings. The van der Waals surface area contributed by atoms with Crippen molar-refractivity contribution in [2.45, 2.75) is 13.0 Å². The van der Waals surface area contributed by atoms with Crippen molar-refractivity contribution in [3.05, 3.63) is 29.6 Å². The molecule has 0 radical (unpaired) electrons. The Labute approximate surface area is 93.6 Å². The summed E-state index contributed by atoms with van der Waals surface area (Å²) < 4.78 is 41.7. The molecule has 3 N–H and O–H groups in total. The zero-order chi connectivity index (χ0) is 12.3. The number of nitrogens with one attached hydrogen (secondary N) is 1. The van der Waals surface area contributed by atoms with Crippen LogP contribution in [0.25, 0.3) is 0 Å². The molecule has 0 heterocycles. The zero-order valence-corrected chi connectivity index (χ0v) is 9.71. The first kappa shape index (κ1) is 12.9. The van der Waals surface area contributed by atoms with Crippen molar-refractivity contribution in [1.82, 2.24) is 4.72 Å². The van der Waals surface area contributed by atoms with E-state index in [0.717, 1.165) is 0 Å². The fourth-order valence-electron chi connectivity index (χ4n) is 1.27. The fourth-order valence-corrected chi connectivity index (χ4v) is 1.90. The Morgan fingerprint density at radius 1 is 1.50 bits per heavy atom. The van der Waals surface area contributed by atoms with Crippen LogP contribution in [0.15, 0.2) is 18.2 Å². The third-order valence-corrected chi connectivity index (χ3v) is 2.70. The highest BCUT2D eigenvalue weighted by molar-refractivity contribution is 7.87. The summed E-state index contributed by atoms with van der Waals surface area (Å²) in [7, 11) is -2.45. The molecule has 1 aromatic carbocycles. The average Bonchev–Trinajstić information content (AvgIpc) is 2.15. The van der Waals surface area contributed by atoms with Gasteiger partial charge in [-0.25, -0.2) is 9.53 Å². The van der Waals surface area contributed by atoms with Crippen LogP contribution in [-0.2, 0) is 10.2 Å². The predicted molar refractivity (Wildman–Crippen MR) is 57.6 cm³/mol. The molecule has 0 aliphatic rings. The van der Waals surface area contributed by atoms with Crippen LogP contribution < -0.4 is 14.6 Å². The van der Waals surface area contributed by atoms with Gasteiger partial charge in [0.1, 0.15) is 0 Å². The van der Waals surface area contributed by atoms with Crippen LogP contribution in [0, 0.1) is 5.82 Å². The first-order chi connectivity index (χ1) is 7.33. The van der Waals surface area contributed by atoms with Crippen molar-refractivity contribution < 1.29 is 17.5 Å². The quantitative estimate of drug-likeness (QED) is 0.822. The molecule has 0 saturated carbocycles. The topological polar surface area (TPSA) is 81.4 Å². The van der Waals surface area contributed by atoms with E-state index in [9.17, 15) is 12.8 Å². The van der Waals surface area contributed by atoms with Gasteiger partial charge >= 0.3 is 0 Å². The van der Waals surface area contributed by atoms with Crippen LogP contribution >= 0.6 is 0 Å². The van der Waals surface area contributed by atoms with Crippen LogP contribution in [0.3, 0.4) is 0 Å². The van der Waals surface area contributed by atoms with Crippen LogP contribution in [0.2, 0.25) is 0 Å². The summed E-state index contributed by atoms with van der Waals surface area (Å²) in [5.41, 5.74) is 0.465. The number of benzene rings is 1. The van der Waals surface area contributed by atoms with Gasteiger partial charge in [0.15, 0.2) is 11.6 Å². The number of nitrogens with two attached hydrogens (primary N) is 1. The molecule has 1 rings (SSSR count). The van der Waals surface area contributed by atoms with Gasteiger partial charge in [0, 0.05) is 6.04 Å². The lowest BCUT2D eigenvalue weighted by atomic mass is 10.1. The minimum absolute atomic E-state index is 0.103. The van der Waals surface area contributed by atoms with E-state index in [1.807, 2.05) is 0 Å². The Balaban J connectivity index is 2.93. The Kier molecular flexibility index (Phi) is 3.84. The second kappa shape index (κ2) is 4.77. The molecule has 1 unspecified atom stereocenters. The molecule has 0 spiro atoms. The summed E-state index contributed by atoms with van der Waals surface area (Å²) >= 11 is 0. The number of hydrogen-bond donors (Lipinski definition) is 2. The van der Waals surface area contributed by atoms with Gasteiger partial charge in [-0.3, -0.25) is 0 Å². The smallest absolute Gasteiger partial charge is 0.274 e. The predicted octanol–water partition coefficient (Wildman–Crippen LogP) is 0.688.